The lowest BCUT2D eigenvalue weighted by Gasteiger charge is -2.20. The van der Waals surface area contributed by atoms with Crippen molar-refractivity contribution in [2.75, 3.05) is 19.5 Å². The Hall–Kier alpha value is -3.02. The van der Waals surface area contributed by atoms with Crippen molar-refractivity contribution in [3.8, 4) is 11.5 Å². The molecule has 5 nitrogen and oxygen atoms in total. The number of benzene rings is 3. The Bertz CT molecular complexity index is 963. The Kier molecular flexibility index (Phi) is 7.11. The van der Waals surface area contributed by atoms with Crippen molar-refractivity contribution in [3.05, 3.63) is 88.9 Å². The maximum absolute atomic E-state index is 13.1. The van der Waals surface area contributed by atoms with Crippen molar-refractivity contribution in [2.45, 2.75) is 12.6 Å². The van der Waals surface area contributed by atoms with Gasteiger partial charge in [0.25, 0.3) is 0 Å². The Balaban J connectivity index is 1.80. The van der Waals surface area contributed by atoms with Crippen LogP contribution >= 0.6 is 11.6 Å². The van der Waals surface area contributed by atoms with E-state index in [-0.39, 0.29) is 5.91 Å². The highest BCUT2D eigenvalue weighted by Crippen LogP contribution is 2.28. The zero-order valence-electron chi connectivity index (χ0n) is 16.3. The van der Waals surface area contributed by atoms with Crippen LogP contribution < -0.4 is 20.1 Å². The number of amides is 1. The highest BCUT2D eigenvalue weighted by atomic mass is 35.5. The molecule has 0 aliphatic heterocycles. The van der Waals surface area contributed by atoms with E-state index in [0.717, 1.165) is 16.9 Å². The summed E-state index contributed by atoms with van der Waals surface area (Å²) < 4.78 is 10.6. The van der Waals surface area contributed by atoms with Gasteiger partial charge in [0.2, 0.25) is 5.91 Å². The molecule has 29 heavy (non-hydrogen) atoms. The monoisotopic (exact) mass is 410 g/mol. The molecule has 1 unspecified atom stereocenters. The average Bonchev–Trinajstić information content (AvgIpc) is 2.75. The molecular formula is C23H23ClN2O3. The molecule has 150 valence electrons. The molecule has 0 aliphatic carbocycles. The zero-order valence-corrected chi connectivity index (χ0v) is 17.1. The number of para-hydroxylation sites is 1. The molecule has 0 saturated heterocycles. The summed E-state index contributed by atoms with van der Waals surface area (Å²) in [5, 5.41) is 6.69. The maximum atomic E-state index is 13.1. The standard InChI is InChI=1S/C23H23ClN2O3/c1-28-20-11-7-6-10-17(20)15-25-22(16-8-4-3-5-9-16)23(27)26-18-12-13-21(29-2)19(24)14-18/h3-14,22,25H,15H2,1-2H3,(H,26,27). The second-order valence-electron chi connectivity index (χ2n) is 6.38. The lowest BCUT2D eigenvalue weighted by atomic mass is 10.1. The van der Waals surface area contributed by atoms with Crippen molar-refractivity contribution < 1.29 is 14.3 Å². The summed E-state index contributed by atoms with van der Waals surface area (Å²) >= 11 is 6.18. The van der Waals surface area contributed by atoms with Gasteiger partial charge in [0.1, 0.15) is 17.5 Å². The molecule has 0 radical (unpaired) electrons. The second-order valence-corrected chi connectivity index (χ2v) is 6.78. The van der Waals surface area contributed by atoms with Crippen LogP contribution in [-0.2, 0) is 11.3 Å². The van der Waals surface area contributed by atoms with Gasteiger partial charge in [0.05, 0.1) is 19.2 Å². The third kappa shape index (κ3) is 5.28. The molecule has 2 N–H and O–H groups in total. The van der Waals surface area contributed by atoms with Crippen molar-refractivity contribution in [2.24, 2.45) is 0 Å². The third-order valence-corrected chi connectivity index (χ3v) is 4.80. The molecule has 0 spiro atoms. The molecule has 1 atom stereocenters. The minimum absolute atomic E-state index is 0.188. The molecule has 1 amide bonds. The van der Waals surface area contributed by atoms with Crippen molar-refractivity contribution in [1.82, 2.24) is 5.32 Å². The van der Waals surface area contributed by atoms with Crippen LogP contribution in [0, 0.1) is 0 Å². The fourth-order valence-electron chi connectivity index (χ4n) is 3.03. The van der Waals surface area contributed by atoms with Gasteiger partial charge < -0.3 is 14.8 Å². The van der Waals surface area contributed by atoms with Gasteiger partial charge in [-0.05, 0) is 29.8 Å². The number of rotatable bonds is 8. The van der Waals surface area contributed by atoms with Gasteiger partial charge in [-0.1, -0.05) is 60.1 Å². The molecule has 3 aromatic carbocycles. The lowest BCUT2D eigenvalue weighted by Crippen LogP contribution is -2.32. The molecule has 0 fully saturated rings. The Morgan fingerprint density at radius 3 is 2.31 bits per heavy atom. The minimum atomic E-state index is -0.554. The van der Waals surface area contributed by atoms with Gasteiger partial charge in [-0.15, -0.1) is 0 Å². The fourth-order valence-corrected chi connectivity index (χ4v) is 3.28. The minimum Gasteiger partial charge on any atom is -0.496 e. The fraction of sp³-hybridized carbons (Fsp3) is 0.174. The molecule has 0 aliphatic rings. The predicted octanol–water partition coefficient (Wildman–Crippen LogP) is 4.83. The topological polar surface area (TPSA) is 59.6 Å². The highest BCUT2D eigenvalue weighted by Gasteiger charge is 2.21. The SMILES string of the molecule is COc1ccc(NC(=O)C(NCc2ccccc2OC)c2ccccc2)cc1Cl. The number of anilines is 1. The number of carbonyl (C=O) groups excluding carboxylic acids is 1. The quantitative estimate of drug-likeness (QED) is 0.558. The maximum Gasteiger partial charge on any atom is 0.246 e. The van der Waals surface area contributed by atoms with Gasteiger partial charge in [-0.2, -0.15) is 0 Å². The summed E-state index contributed by atoms with van der Waals surface area (Å²) in [6.45, 7) is 0.473. The van der Waals surface area contributed by atoms with Gasteiger partial charge in [0.15, 0.2) is 0 Å². The van der Waals surface area contributed by atoms with Crippen molar-refractivity contribution in [3.63, 3.8) is 0 Å². The average molecular weight is 411 g/mol. The number of hydrogen-bond acceptors (Lipinski definition) is 4. The summed E-state index contributed by atoms with van der Waals surface area (Å²) in [5.74, 6) is 1.14. The third-order valence-electron chi connectivity index (χ3n) is 4.50. The van der Waals surface area contributed by atoms with Crippen LogP contribution in [0.15, 0.2) is 72.8 Å². The van der Waals surface area contributed by atoms with Gasteiger partial charge >= 0.3 is 0 Å². The first-order valence-corrected chi connectivity index (χ1v) is 9.55. The van der Waals surface area contributed by atoms with E-state index in [0.29, 0.717) is 23.0 Å². The second kappa shape index (κ2) is 9.96. The van der Waals surface area contributed by atoms with E-state index >= 15 is 0 Å². The Labute approximate surface area is 175 Å². The first-order valence-electron chi connectivity index (χ1n) is 9.17. The van der Waals surface area contributed by atoms with Crippen LogP contribution in [0.2, 0.25) is 5.02 Å². The van der Waals surface area contributed by atoms with Crippen LogP contribution in [0.1, 0.15) is 17.2 Å². The molecule has 6 heteroatoms. The molecule has 3 rings (SSSR count). The van der Waals surface area contributed by atoms with Crippen LogP contribution in [0.4, 0.5) is 5.69 Å². The molecule has 3 aromatic rings. The highest BCUT2D eigenvalue weighted by molar-refractivity contribution is 6.32. The van der Waals surface area contributed by atoms with E-state index in [4.69, 9.17) is 21.1 Å². The van der Waals surface area contributed by atoms with Crippen LogP contribution in [-0.4, -0.2) is 20.1 Å². The summed E-state index contributed by atoms with van der Waals surface area (Å²) in [4.78, 5) is 13.1. The lowest BCUT2D eigenvalue weighted by molar-refractivity contribution is -0.118. The van der Waals surface area contributed by atoms with E-state index in [9.17, 15) is 4.79 Å². The van der Waals surface area contributed by atoms with Gasteiger partial charge in [-0.3, -0.25) is 10.1 Å². The number of nitrogens with one attached hydrogen (secondary N) is 2. The van der Waals surface area contributed by atoms with Crippen LogP contribution in [0.3, 0.4) is 0 Å². The van der Waals surface area contributed by atoms with Crippen molar-refractivity contribution >= 4 is 23.2 Å². The van der Waals surface area contributed by atoms with Gasteiger partial charge in [-0.25, -0.2) is 0 Å². The summed E-state index contributed by atoms with van der Waals surface area (Å²) in [6, 6.07) is 21.9. The first-order chi connectivity index (χ1) is 14.1. The Morgan fingerprint density at radius 1 is 0.931 bits per heavy atom. The number of ether oxygens (including phenoxy) is 2. The van der Waals surface area contributed by atoms with Crippen molar-refractivity contribution in [1.29, 1.82) is 0 Å². The summed E-state index contributed by atoms with van der Waals surface area (Å²) in [6.07, 6.45) is 0. The summed E-state index contributed by atoms with van der Waals surface area (Å²) in [7, 11) is 3.18. The molecule has 0 bridgehead atoms. The van der Waals surface area contributed by atoms with E-state index in [2.05, 4.69) is 10.6 Å². The smallest absolute Gasteiger partial charge is 0.246 e. The summed E-state index contributed by atoms with van der Waals surface area (Å²) in [5.41, 5.74) is 2.43. The van der Waals surface area contributed by atoms with Crippen LogP contribution in [0.5, 0.6) is 11.5 Å². The number of halogens is 1. The first kappa shape index (κ1) is 20.7. The molecule has 0 saturated carbocycles. The molecular weight excluding hydrogens is 388 g/mol. The zero-order chi connectivity index (χ0) is 20.6. The predicted molar refractivity (Wildman–Crippen MR) is 116 cm³/mol. The largest absolute Gasteiger partial charge is 0.496 e. The number of hydrogen-bond donors (Lipinski definition) is 2. The number of carbonyl (C=O) groups is 1. The normalized spacial score (nSPS) is 11.6. The van der Waals surface area contributed by atoms with E-state index < -0.39 is 6.04 Å². The number of methoxy groups -OCH3 is 2. The van der Waals surface area contributed by atoms with E-state index in [1.165, 1.54) is 0 Å². The van der Waals surface area contributed by atoms with Crippen LogP contribution in [0.25, 0.3) is 0 Å². The molecule has 0 heterocycles. The van der Waals surface area contributed by atoms with E-state index in [1.807, 2.05) is 54.6 Å². The van der Waals surface area contributed by atoms with Gasteiger partial charge in [0, 0.05) is 17.8 Å². The molecule has 0 aromatic heterocycles. The Morgan fingerprint density at radius 2 is 1.62 bits per heavy atom. The van der Waals surface area contributed by atoms with E-state index in [1.54, 1.807) is 32.4 Å².